The largest absolute Gasteiger partial charge is 0.394 e. The zero-order valence-electron chi connectivity index (χ0n) is 13.0. The molecule has 2 aliphatic heterocycles. The molecule has 0 aromatic carbocycles. The van der Waals surface area contributed by atoms with Gasteiger partial charge in [-0.05, 0) is 32.7 Å². The third-order valence-corrected chi connectivity index (χ3v) is 4.92. The molecule has 20 heavy (non-hydrogen) atoms. The van der Waals surface area contributed by atoms with Crippen LogP contribution in [0.2, 0.25) is 0 Å². The number of piperazine rings is 1. The molecule has 1 aromatic heterocycles. The third kappa shape index (κ3) is 2.18. The molecular weight excluding hydrogens is 250 g/mol. The van der Waals surface area contributed by atoms with Crippen LogP contribution in [-0.2, 0) is 13.5 Å². The summed E-state index contributed by atoms with van der Waals surface area (Å²) in [5.74, 6) is 1.12. The van der Waals surface area contributed by atoms with Crippen LogP contribution in [0.3, 0.4) is 0 Å². The Bertz CT molecular complexity index is 481. The van der Waals surface area contributed by atoms with Gasteiger partial charge < -0.3 is 10.6 Å². The van der Waals surface area contributed by atoms with Crippen molar-refractivity contribution < 1.29 is 0 Å². The molecule has 0 amide bonds. The average molecular weight is 277 g/mol. The molecule has 2 fully saturated rings. The van der Waals surface area contributed by atoms with Gasteiger partial charge in [-0.2, -0.15) is 5.10 Å². The number of hydrogen-bond acceptors (Lipinski definition) is 4. The molecule has 2 unspecified atom stereocenters. The Kier molecular flexibility index (Phi) is 3.63. The normalized spacial score (nSPS) is 27.6. The molecule has 1 aromatic rings. The Hall–Kier alpha value is -1.23. The van der Waals surface area contributed by atoms with Crippen molar-refractivity contribution in [2.75, 3.05) is 30.3 Å². The highest BCUT2D eigenvalue weighted by atomic mass is 15.4. The number of fused-ring (bicyclic) bond motifs is 1. The molecular formula is C15H27N5. The average Bonchev–Trinajstić information content (AvgIpc) is 2.73. The highest BCUT2D eigenvalue weighted by molar-refractivity contribution is 5.67. The minimum atomic E-state index is 0.506. The Morgan fingerprint density at radius 1 is 1.30 bits per heavy atom. The van der Waals surface area contributed by atoms with Gasteiger partial charge >= 0.3 is 0 Å². The molecule has 112 valence electrons. The van der Waals surface area contributed by atoms with Crippen molar-refractivity contribution in [3.63, 3.8) is 0 Å². The monoisotopic (exact) mass is 277 g/mol. The zero-order chi connectivity index (χ0) is 14.3. The van der Waals surface area contributed by atoms with Crippen LogP contribution in [0.15, 0.2) is 0 Å². The topological polar surface area (TPSA) is 50.3 Å². The minimum Gasteiger partial charge on any atom is -0.394 e. The summed E-state index contributed by atoms with van der Waals surface area (Å²) in [6.45, 7) is 7.93. The summed E-state index contributed by atoms with van der Waals surface area (Å²) >= 11 is 0. The van der Waals surface area contributed by atoms with Crippen LogP contribution < -0.4 is 10.6 Å². The van der Waals surface area contributed by atoms with Crippen LogP contribution >= 0.6 is 0 Å². The lowest BCUT2D eigenvalue weighted by Gasteiger charge is -2.48. The number of aromatic nitrogens is 2. The van der Waals surface area contributed by atoms with Gasteiger partial charge in [0.2, 0.25) is 0 Å². The second-order valence-electron chi connectivity index (χ2n) is 6.31. The first-order valence-corrected chi connectivity index (χ1v) is 7.93. The van der Waals surface area contributed by atoms with Crippen molar-refractivity contribution in [2.24, 2.45) is 7.05 Å². The van der Waals surface area contributed by atoms with Crippen molar-refractivity contribution in [1.82, 2.24) is 14.7 Å². The van der Waals surface area contributed by atoms with E-state index in [0.717, 1.165) is 36.7 Å². The zero-order valence-corrected chi connectivity index (χ0v) is 13.0. The van der Waals surface area contributed by atoms with Crippen LogP contribution in [0.4, 0.5) is 11.5 Å². The molecule has 0 aliphatic carbocycles. The number of piperidine rings is 1. The fraction of sp³-hybridized carbons (Fsp3) is 0.800. The highest BCUT2D eigenvalue weighted by Gasteiger charge is 2.35. The highest BCUT2D eigenvalue weighted by Crippen LogP contribution is 2.32. The molecule has 2 atom stereocenters. The summed E-state index contributed by atoms with van der Waals surface area (Å²) in [5, 5.41) is 4.58. The number of hydrogen-bond donors (Lipinski definition) is 1. The number of nitrogens with two attached hydrogens (primary N) is 1. The van der Waals surface area contributed by atoms with E-state index < -0.39 is 0 Å². The molecule has 3 rings (SSSR count). The molecule has 2 aliphatic rings. The number of rotatable bonds is 2. The minimum absolute atomic E-state index is 0.506. The maximum Gasteiger partial charge on any atom is 0.150 e. The fourth-order valence-corrected chi connectivity index (χ4v) is 3.83. The van der Waals surface area contributed by atoms with Crippen molar-refractivity contribution in [2.45, 2.75) is 51.6 Å². The van der Waals surface area contributed by atoms with E-state index in [9.17, 15) is 0 Å². The van der Waals surface area contributed by atoms with Crippen molar-refractivity contribution in [3.05, 3.63) is 5.69 Å². The van der Waals surface area contributed by atoms with Crippen LogP contribution in [0.25, 0.3) is 0 Å². The lowest BCUT2D eigenvalue weighted by atomic mass is 9.97. The van der Waals surface area contributed by atoms with Gasteiger partial charge in [-0.3, -0.25) is 9.58 Å². The number of nitrogens with zero attached hydrogens (tertiary/aromatic N) is 4. The van der Waals surface area contributed by atoms with E-state index in [1.807, 2.05) is 11.7 Å². The summed E-state index contributed by atoms with van der Waals surface area (Å²) < 4.78 is 1.98. The number of aryl methyl sites for hydroxylation is 2. The molecule has 5 heteroatoms. The number of anilines is 2. The predicted octanol–water partition coefficient (Wildman–Crippen LogP) is 1.63. The van der Waals surface area contributed by atoms with Gasteiger partial charge in [0, 0.05) is 32.2 Å². The van der Waals surface area contributed by atoms with Gasteiger partial charge in [0.25, 0.3) is 0 Å². The van der Waals surface area contributed by atoms with E-state index >= 15 is 0 Å². The first-order valence-electron chi connectivity index (χ1n) is 7.93. The van der Waals surface area contributed by atoms with Gasteiger partial charge in [0.05, 0.1) is 11.4 Å². The molecule has 0 spiro atoms. The van der Waals surface area contributed by atoms with Gasteiger partial charge in [0.15, 0.2) is 5.82 Å². The summed E-state index contributed by atoms with van der Waals surface area (Å²) in [6.07, 6.45) is 4.95. The Morgan fingerprint density at radius 2 is 2.10 bits per heavy atom. The van der Waals surface area contributed by atoms with E-state index in [1.165, 1.54) is 25.8 Å². The van der Waals surface area contributed by atoms with Crippen molar-refractivity contribution >= 4 is 11.5 Å². The molecule has 3 heterocycles. The lowest BCUT2D eigenvalue weighted by molar-refractivity contribution is 0.115. The molecule has 0 radical (unpaired) electrons. The maximum atomic E-state index is 6.34. The van der Waals surface area contributed by atoms with E-state index in [0.29, 0.717) is 12.1 Å². The van der Waals surface area contributed by atoms with Crippen LogP contribution in [0.1, 0.15) is 38.8 Å². The van der Waals surface area contributed by atoms with Crippen molar-refractivity contribution in [1.29, 1.82) is 0 Å². The Morgan fingerprint density at radius 3 is 2.80 bits per heavy atom. The second-order valence-corrected chi connectivity index (χ2v) is 6.31. The summed E-state index contributed by atoms with van der Waals surface area (Å²) in [7, 11) is 2.02. The van der Waals surface area contributed by atoms with Crippen LogP contribution in [0.5, 0.6) is 0 Å². The molecule has 0 saturated carbocycles. The summed E-state index contributed by atoms with van der Waals surface area (Å²) in [4.78, 5) is 5.14. The van der Waals surface area contributed by atoms with Gasteiger partial charge in [0.1, 0.15) is 0 Å². The first-order chi connectivity index (χ1) is 9.61. The van der Waals surface area contributed by atoms with Gasteiger partial charge in [-0.25, -0.2) is 0 Å². The quantitative estimate of drug-likeness (QED) is 0.892. The fourth-order valence-electron chi connectivity index (χ4n) is 3.83. The van der Waals surface area contributed by atoms with Gasteiger partial charge in [-0.15, -0.1) is 0 Å². The van der Waals surface area contributed by atoms with Gasteiger partial charge in [-0.1, -0.05) is 13.3 Å². The maximum absolute atomic E-state index is 6.34. The standard InChI is InChI=1S/C15H27N5/c1-4-13-14(16)15(18(3)17-13)20-10-12-7-5-6-8-19(12)9-11(20)2/h11-12H,4-10,16H2,1-3H3. The Balaban J connectivity index is 1.88. The Labute approximate surface area is 121 Å². The number of nitrogen functional groups attached to an aromatic ring is 1. The third-order valence-electron chi connectivity index (χ3n) is 4.92. The lowest BCUT2D eigenvalue weighted by Crippen LogP contribution is -2.59. The predicted molar refractivity (Wildman–Crippen MR) is 83.0 cm³/mol. The molecule has 2 saturated heterocycles. The summed E-state index contributed by atoms with van der Waals surface area (Å²) in [5.41, 5.74) is 8.25. The van der Waals surface area contributed by atoms with Crippen molar-refractivity contribution in [3.8, 4) is 0 Å². The second kappa shape index (κ2) is 5.28. The summed E-state index contributed by atoms with van der Waals surface area (Å²) in [6, 6.07) is 1.20. The van der Waals surface area contributed by atoms with Crippen LogP contribution in [-0.4, -0.2) is 46.4 Å². The van der Waals surface area contributed by atoms with E-state index in [-0.39, 0.29) is 0 Å². The molecule has 2 N–H and O–H groups in total. The van der Waals surface area contributed by atoms with E-state index in [4.69, 9.17) is 5.73 Å². The SMILES string of the molecule is CCc1nn(C)c(N2CC3CCCCN3CC2C)c1N. The van der Waals surface area contributed by atoms with E-state index in [1.54, 1.807) is 0 Å². The first kappa shape index (κ1) is 13.7. The van der Waals surface area contributed by atoms with E-state index in [2.05, 4.69) is 28.7 Å². The smallest absolute Gasteiger partial charge is 0.150 e. The molecule has 0 bridgehead atoms. The molecule has 5 nitrogen and oxygen atoms in total. The van der Waals surface area contributed by atoms with Crippen LogP contribution in [0, 0.1) is 0 Å².